The summed E-state index contributed by atoms with van der Waals surface area (Å²) in [6, 6.07) is 16.6. The Balaban J connectivity index is 1.82. The van der Waals surface area contributed by atoms with Crippen molar-refractivity contribution in [2.45, 2.75) is 25.3 Å². The van der Waals surface area contributed by atoms with E-state index in [1.807, 2.05) is 18.2 Å². The molecule has 1 N–H and O–H groups in total. The highest BCUT2D eigenvalue weighted by Gasteiger charge is 2.18. The number of rotatable bonds is 3. The summed E-state index contributed by atoms with van der Waals surface area (Å²) in [5, 5.41) is 12.7. The van der Waals surface area contributed by atoms with Crippen LogP contribution in [-0.2, 0) is 6.42 Å². The lowest BCUT2D eigenvalue weighted by molar-refractivity contribution is 0.513. The minimum Gasteiger partial charge on any atom is -0.383 e. The molecule has 0 aliphatic heterocycles. The van der Waals surface area contributed by atoms with E-state index in [4.69, 9.17) is 0 Å². The Kier molecular flexibility index (Phi) is 3.97. The predicted octanol–water partition coefficient (Wildman–Crippen LogP) is 3.61. The van der Waals surface area contributed by atoms with Gasteiger partial charge in [-0.2, -0.15) is 5.26 Å². The Labute approximate surface area is 125 Å². The van der Waals surface area contributed by atoms with Gasteiger partial charge in [0.25, 0.3) is 0 Å². The van der Waals surface area contributed by atoms with E-state index in [2.05, 4.69) is 40.6 Å². The molecule has 0 unspecified atom stereocenters. The molecule has 1 aromatic heterocycles. The van der Waals surface area contributed by atoms with Crippen LogP contribution in [0.5, 0.6) is 0 Å². The van der Waals surface area contributed by atoms with Crippen LogP contribution in [0.15, 0.2) is 54.9 Å². The maximum absolute atomic E-state index is 9.31. The van der Waals surface area contributed by atoms with Crippen molar-refractivity contribution in [3.63, 3.8) is 0 Å². The second-order valence-electron chi connectivity index (χ2n) is 5.20. The monoisotopic (exact) mass is 275 g/mol. The van der Waals surface area contributed by atoms with Crippen LogP contribution >= 0.6 is 0 Å². The average molecular weight is 275 g/mol. The van der Waals surface area contributed by atoms with Gasteiger partial charge in [0.2, 0.25) is 0 Å². The lowest BCUT2D eigenvalue weighted by Crippen LogP contribution is -2.21. The maximum atomic E-state index is 9.31. The van der Waals surface area contributed by atoms with Gasteiger partial charge >= 0.3 is 0 Å². The molecule has 3 nitrogen and oxygen atoms in total. The number of pyridine rings is 1. The molecule has 0 saturated carbocycles. The second kappa shape index (κ2) is 6.23. The van der Waals surface area contributed by atoms with E-state index in [0.717, 1.165) is 12.8 Å². The van der Waals surface area contributed by atoms with E-state index in [1.54, 1.807) is 12.4 Å². The topological polar surface area (TPSA) is 48.7 Å². The normalized spacial score (nSPS) is 17.7. The first-order valence-electron chi connectivity index (χ1n) is 7.24. The molecular formula is C18H17N3. The van der Waals surface area contributed by atoms with Crippen LogP contribution < -0.4 is 5.32 Å². The average Bonchev–Trinajstić information content (AvgIpc) is 2.56. The maximum Gasteiger partial charge on any atom is 0.103 e. The minimum atomic E-state index is 0.280. The van der Waals surface area contributed by atoms with E-state index in [9.17, 15) is 5.26 Å². The number of benzene rings is 1. The Morgan fingerprint density at radius 3 is 2.90 bits per heavy atom. The molecule has 0 bridgehead atoms. The van der Waals surface area contributed by atoms with E-state index in [-0.39, 0.29) is 6.04 Å². The first-order chi connectivity index (χ1) is 10.4. The molecule has 0 radical (unpaired) electrons. The molecule has 3 heteroatoms. The first-order valence-corrected chi connectivity index (χ1v) is 7.24. The van der Waals surface area contributed by atoms with Gasteiger partial charge in [0, 0.05) is 12.4 Å². The van der Waals surface area contributed by atoms with Crippen LogP contribution in [0.4, 0.5) is 0 Å². The van der Waals surface area contributed by atoms with Gasteiger partial charge in [0.05, 0.1) is 17.3 Å². The van der Waals surface area contributed by atoms with Crippen molar-refractivity contribution >= 4 is 5.57 Å². The quantitative estimate of drug-likeness (QED) is 0.870. The second-order valence-corrected chi connectivity index (χ2v) is 5.20. The zero-order valence-electron chi connectivity index (χ0n) is 11.8. The molecule has 1 aliphatic rings. The Hall–Kier alpha value is -2.60. The van der Waals surface area contributed by atoms with Crippen molar-refractivity contribution in [1.29, 1.82) is 5.26 Å². The van der Waals surface area contributed by atoms with Crippen LogP contribution in [-0.4, -0.2) is 4.98 Å². The van der Waals surface area contributed by atoms with E-state index in [1.165, 1.54) is 17.5 Å². The highest BCUT2D eigenvalue weighted by molar-refractivity contribution is 5.74. The lowest BCUT2D eigenvalue weighted by atomic mass is 9.88. The number of hydrogen-bond donors (Lipinski definition) is 1. The molecule has 1 atom stereocenters. The summed E-state index contributed by atoms with van der Waals surface area (Å²) in [4.78, 5) is 4.23. The fourth-order valence-corrected chi connectivity index (χ4v) is 2.80. The number of hydrogen-bond acceptors (Lipinski definition) is 3. The smallest absolute Gasteiger partial charge is 0.103 e. The molecule has 21 heavy (non-hydrogen) atoms. The van der Waals surface area contributed by atoms with Crippen molar-refractivity contribution in [1.82, 2.24) is 10.3 Å². The molecule has 1 heterocycles. The molecule has 1 aromatic carbocycles. The number of aryl methyl sites for hydroxylation is 1. The van der Waals surface area contributed by atoms with Crippen LogP contribution in [0, 0.1) is 11.3 Å². The molecule has 0 spiro atoms. The van der Waals surface area contributed by atoms with Crippen molar-refractivity contribution in [3.05, 3.63) is 71.7 Å². The SMILES string of the molecule is N#C/C(=C/N[C@@H]1CCCc2ccccc21)c1ccccn1. The molecule has 2 aromatic rings. The number of fused-ring (bicyclic) bond motifs is 1. The van der Waals surface area contributed by atoms with Gasteiger partial charge in [-0.1, -0.05) is 30.3 Å². The Morgan fingerprint density at radius 1 is 1.24 bits per heavy atom. The lowest BCUT2D eigenvalue weighted by Gasteiger charge is -2.25. The largest absolute Gasteiger partial charge is 0.383 e. The van der Waals surface area contributed by atoms with Gasteiger partial charge in [0.15, 0.2) is 0 Å². The van der Waals surface area contributed by atoms with Crippen molar-refractivity contribution in [2.75, 3.05) is 0 Å². The highest BCUT2D eigenvalue weighted by Crippen LogP contribution is 2.29. The minimum absolute atomic E-state index is 0.280. The van der Waals surface area contributed by atoms with Gasteiger partial charge in [-0.15, -0.1) is 0 Å². The Morgan fingerprint density at radius 2 is 2.10 bits per heavy atom. The third-order valence-electron chi connectivity index (χ3n) is 3.86. The molecule has 1 aliphatic carbocycles. The molecule has 0 amide bonds. The van der Waals surface area contributed by atoms with Gasteiger partial charge in [-0.05, 0) is 42.5 Å². The third kappa shape index (κ3) is 2.95. The van der Waals surface area contributed by atoms with Crippen molar-refractivity contribution in [3.8, 4) is 6.07 Å². The number of aromatic nitrogens is 1. The summed E-state index contributed by atoms with van der Waals surface area (Å²) in [7, 11) is 0. The van der Waals surface area contributed by atoms with Crippen LogP contribution in [0.3, 0.4) is 0 Å². The number of nitriles is 1. The number of nitrogens with zero attached hydrogens (tertiary/aromatic N) is 2. The van der Waals surface area contributed by atoms with E-state index < -0.39 is 0 Å². The van der Waals surface area contributed by atoms with Crippen LogP contribution in [0.1, 0.15) is 35.7 Å². The summed E-state index contributed by atoms with van der Waals surface area (Å²) in [6.45, 7) is 0. The molecule has 104 valence electrons. The number of allylic oxidation sites excluding steroid dienone is 1. The molecule has 3 rings (SSSR count). The van der Waals surface area contributed by atoms with Crippen LogP contribution in [0.25, 0.3) is 5.57 Å². The molecular weight excluding hydrogens is 258 g/mol. The number of nitrogens with one attached hydrogen (secondary N) is 1. The van der Waals surface area contributed by atoms with Crippen molar-refractivity contribution in [2.24, 2.45) is 0 Å². The summed E-state index contributed by atoms with van der Waals surface area (Å²) in [6.07, 6.45) is 6.91. The predicted molar refractivity (Wildman–Crippen MR) is 83.1 cm³/mol. The van der Waals surface area contributed by atoms with Gasteiger partial charge in [0.1, 0.15) is 6.07 Å². The van der Waals surface area contributed by atoms with Gasteiger partial charge in [-0.25, -0.2) is 0 Å². The van der Waals surface area contributed by atoms with Gasteiger partial charge < -0.3 is 5.32 Å². The van der Waals surface area contributed by atoms with E-state index in [0.29, 0.717) is 11.3 Å². The summed E-state index contributed by atoms with van der Waals surface area (Å²) >= 11 is 0. The summed E-state index contributed by atoms with van der Waals surface area (Å²) < 4.78 is 0. The molecule has 0 fully saturated rings. The fourth-order valence-electron chi connectivity index (χ4n) is 2.80. The summed E-state index contributed by atoms with van der Waals surface area (Å²) in [5.41, 5.74) is 4.03. The zero-order valence-corrected chi connectivity index (χ0v) is 11.8. The van der Waals surface area contributed by atoms with Gasteiger partial charge in [-0.3, -0.25) is 4.98 Å². The standard InChI is InChI=1S/C18H17N3/c19-12-15(17-9-3-4-11-20-17)13-21-18-10-5-7-14-6-1-2-8-16(14)18/h1-4,6,8-9,11,13,18,21H,5,7,10H2/b15-13-/t18-/m1/s1. The third-order valence-corrected chi connectivity index (χ3v) is 3.86. The Bertz CT molecular complexity index is 683. The van der Waals surface area contributed by atoms with Crippen molar-refractivity contribution < 1.29 is 0 Å². The zero-order chi connectivity index (χ0) is 14.5. The first kappa shape index (κ1) is 13.4. The fraction of sp³-hybridized carbons (Fsp3) is 0.222. The summed E-state index contributed by atoms with van der Waals surface area (Å²) in [5.74, 6) is 0. The van der Waals surface area contributed by atoms with E-state index >= 15 is 0 Å². The van der Waals surface area contributed by atoms with Crippen LogP contribution in [0.2, 0.25) is 0 Å². The molecule has 0 saturated heterocycles. The highest BCUT2D eigenvalue weighted by atomic mass is 14.9.